The van der Waals surface area contributed by atoms with Gasteiger partial charge in [0.2, 0.25) is 5.88 Å². The number of carbonyl (C=O) groups excluding carboxylic acids is 1. The third-order valence-corrected chi connectivity index (χ3v) is 5.41. The number of nitrogens with two attached hydrogens (primary N) is 1. The molecule has 4 rings (SSSR count). The number of amides is 1. The topological polar surface area (TPSA) is 71.7 Å². The molecule has 2 N–H and O–H groups in total. The number of ether oxygens (including phenoxy) is 1. The summed E-state index contributed by atoms with van der Waals surface area (Å²) in [5, 5.41) is 0.339. The lowest BCUT2D eigenvalue weighted by Crippen LogP contribution is -2.38. The van der Waals surface area contributed by atoms with Gasteiger partial charge in [-0.15, -0.1) is 0 Å². The summed E-state index contributed by atoms with van der Waals surface area (Å²) in [6.07, 6.45) is 4.12. The number of carbonyl (C=O) groups is 1. The van der Waals surface area contributed by atoms with Gasteiger partial charge >= 0.3 is 0 Å². The summed E-state index contributed by atoms with van der Waals surface area (Å²) >= 11 is 11.6. The number of halogens is 2. The highest BCUT2D eigenvalue weighted by atomic mass is 35.5. The summed E-state index contributed by atoms with van der Waals surface area (Å²) in [5.41, 5.74) is 6.15. The van der Waals surface area contributed by atoms with Crippen LogP contribution in [0.2, 0.25) is 5.02 Å². The zero-order chi connectivity index (χ0) is 19.1. The van der Waals surface area contributed by atoms with Crippen molar-refractivity contribution in [3.63, 3.8) is 0 Å². The standard InChI is InChI=1S/C18H16ClFN4O2S/c19-10-8-11(20)14(9-15(10)26-16-12(21)4-3-6-22-16)24-17(25)13-5-1-2-7-23(13)18(24)27/h3-4,6,8-9,13H,1-2,5,7,21H2. The molecule has 2 fully saturated rings. The van der Waals surface area contributed by atoms with Crippen molar-refractivity contribution in [1.82, 2.24) is 9.88 Å². The Kier molecular flexibility index (Phi) is 4.61. The largest absolute Gasteiger partial charge is 0.435 e. The molecule has 0 spiro atoms. The maximum Gasteiger partial charge on any atom is 0.256 e. The van der Waals surface area contributed by atoms with Gasteiger partial charge in [0.15, 0.2) is 5.11 Å². The summed E-state index contributed by atoms with van der Waals surface area (Å²) in [7, 11) is 0. The van der Waals surface area contributed by atoms with Crippen LogP contribution in [0.25, 0.3) is 0 Å². The molecule has 0 radical (unpaired) electrons. The van der Waals surface area contributed by atoms with Crippen LogP contribution >= 0.6 is 23.8 Å². The van der Waals surface area contributed by atoms with E-state index in [9.17, 15) is 9.18 Å². The van der Waals surface area contributed by atoms with Crippen molar-refractivity contribution in [1.29, 1.82) is 0 Å². The quantitative estimate of drug-likeness (QED) is 0.783. The monoisotopic (exact) mass is 406 g/mol. The van der Waals surface area contributed by atoms with Crippen LogP contribution in [0.15, 0.2) is 30.5 Å². The molecule has 1 amide bonds. The highest BCUT2D eigenvalue weighted by Gasteiger charge is 2.45. The number of hydrogen-bond acceptors (Lipinski definition) is 5. The van der Waals surface area contributed by atoms with Crippen molar-refractivity contribution >= 4 is 46.2 Å². The van der Waals surface area contributed by atoms with Gasteiger partial charge < -0.3 is 15.4 Å². The number of anilines is 2. The Morgan fingerprint density at radius 2 is 2.19 bits per heavy atom. The Morgan fingerprint density at radius 3 is 2.93 bits per heavy atom. The van der Waals surface area contributed by atoms with Crippen LogP contribution in [0, 0.1) is 5.82 Å². The first-order valence-electron chi connectivity index (χ1n) is 8.49. The second-order valence-corrected chi connectivity index (χ2v) is 7.17. The molecule has 1 unspecified atom stereocenters. The molecule has 1 aromatic carbocycles. The third-order valence-electron chi connectivity index (χ3n) is 4.69. The molecule has 2 aliphatic rings. The number of rotatable bonds is 3. The first kappa shape index (κ1) is 17.9. The lowest BCUT2D eigenvalue weighted by Gasteiger charge is -2.27. The molecular weight excluding hydrogens is 391 g/mol. The Labute approximate surface area is 165 Å². The van der Waals surface area contributed by atoms with Crippen molar-refractivity contribution < 1.29 is 13.9 Å². The van der Waals surface area contributed by atoms with E-state index in [1.807, 2.05) is 4.90 Å². The molecule has 2 aliphatic heterocycles. The van der Waals surface area contributed by atoms with E-state index in [1.165, 1.54) is 17.2 Å². The van der Waals surface area contributed by atoms with Crippen LogP contribution in [0.5, 0.6) is 11.6 Å². The summed E-state index contributed by atoms with van der Waals surface area (Å²) in [5.74, 6) is -0.607. The number of aromatic nitrogens is 1. The SMILES string of the molecule is Nc1cccnc1Oc1cc(N2C(=O)C3CCCCN3C2=S)c(F)cc1Cl. The van der Waals surface area contributed by atoms with Crippen molar-refractivity contribution in [3.8, 4) is 11.6 Å². The minimum atomic E-state index is -0.656. The fourth-order valence-electron chi connectivity index (χ4n) is 3.37. The summed E-state index contributed by atoms with van der Waals surface area (Å²) < 4.78 is 20.3. The Balaban J connectivity index is 1.72. The van der Waals surface area contributed by atoms with E-state index in [4.69, 9.17) is 34.3 Å². The van der Waals surface area contributed by atoms with E-state index < -0.39 is 5.82 Å². The number of nitrogens with zero attached hydrogens (tertiary/aromatic N) is 3. The molecule has 2 saturated heterocycles. The zero-order valence-corrected chi connectivity index (χ0v) is 15.8. The molecule has 1 atom stereocenters. The lowest BCUT2D eigenvalue weighted by atomic mass is 10.0. The highest BCUT2D eigenvalue weighted by Crippen LogP contribution is 2.39. The molecule has 0 bridgehead atoms. The maximum absolute atomic E-state index is 14.7. The van der Waals surface area contributed by atoms with Crippen molar-refractivity contribution in [3.05, 3.63) is 41.3 Å². The molecule has 2 aromatic rings. The Hall–Kier alpha value is -2.45. The van der Waals surface area contributed by atoms with Gasteiger partial charge in [0, 0.05) is 18.8 Å². The van der Waals surface area contributed by atoms with Crippen LogP contribution in [-0.4, -0.2) is 33.5 Å². The van der Waals surface area contributed by atoms with Crippen molar-refractivity contribution in [2.24, 2.45) is 0 Å². The minimum absolute atomic E-state index is 0.00769. The normalized spacial score (nSPS) is 19.4. The van der Waals surface area contributed by atoms with Gasteiger partial charge in [-0.3, -0.25) is 9.69 Å². The number of pyridine rings is 1. The van der Waals surface area contributed by atoms with Gasteiger partial charge in [-0.25, -0.2) is 9.37 Å². The molecule has 9 heteroatoms. The van der Waals surface area contributed by atoms with E-state index in [0.717, 1.165) is 18.9 Å². The van der Waals surface area contributed by atoms with E-state index >= 15 is 0 Å². The number of thiocarbonyl (C=S) groups is 1. The third kappa shape index (κ3) is 3.08. The Bertz CT molecular complexity index is 918. The molecule has 0 aliphatic carbocycles. The maximum atomic E-state index is 14.7. The Morgan fingerprint density at radius 1 is 1.37 bits per heavy atom. The number of fused-ring (bicyclic) bond motifs is 1. The lowest BCUT2D eigenvalue weighted by molar-refractivity contribution is -0.120. The van der Waals surface area contributed by atoms with E-state index in [-0.39, 0.29) is 34.3 Å². The van der Waals surface area contributed by atoms with E-state index in [2.05, 4.69) is 4.98 Å². The second-order valence-electron chi connectivity index (χ2n) is 6.40. The molecule has 3 heterocycles. The predicted octanol–water partition coefficient (Wildman–Crippen LogP) is 3.73. The van der Waals surface area contributed by atoms with Crippen molar-refractivity contribution in [2.75, 3.05) is 17.2 Å². The van der Waals surface area contributed by atoms with Crippen LogP contribution in [0.4, 0.5) is 15.8 Å². The molecule has 6 nitrogen and oxygen atoms in total. The van der Waals surface area contributed by atoms with Gasteiger partial charge in [-0.2, -0.15) is 0 Å². The second kappa shape index (κ2) is 6.94. The number of nitrogen functional groups attached to an aromatic ring is 1. The summed E-state index contributed by atoms with van der Waals surface area (Å²) in [6, 6.07) is 5.40. The minimum Gasteiger partial charge on any atom is -0.435 e. The van der Waals surface area contributed by atoms with Gasteiger partial charge in [0.05, 0.1) is 16.4 Å². The predicted molar refractivity (Wildman–Crippen MR) is 105 cm³/mol. The van der Waals surface area contributed by atoms with Gasteiger partial charge in [-0.1, -0.05) is 11.6 Å². The van der Waals surface area contributed by atoms with E-state index in [1.54, 1.807) is 12.1 Å². The average molecular weight is 407 g/mol. The number of piperidine rings is 1. The number of hydrogen-bond donors (Lipinski definition) is 1. The molecule has 0 saturated carbocycles. The van der Waals surface area contributed by atoms with Gasteiger partial charge in [0.1, 0.15) is 17.6 Å². The van der Waals surface area contributed by atoms with Crippen LogP contribution in [0.3, 0.4) is 0 Å². The van der Waals surface area contributed by atoms with Crippen molar-refractivity contribution in [2.45, 2.75) is 25.3 Å². The smallest absolute Gasteiger partial charge is 0.256 e. The molecule has 140 valence electrons. The summed E-state index contributed by atoms with van der Waals surface area (Å²) in [6.45, 7) is 0.689. The molecular formula is C18H16ClFN4O2S. The zero-order valence-electron chi connectivity index (χ0n) is 14.2. The fourth-order valence-corrected chi connectivity index (χ4v) is 3.97. The van der Waals surface area contributed by atoms with Crippen LogP contribution < -0.4 is 15.4 Å². The van der Waals surface area contributed by atoms with Crippen LogP contribution in [-0.2, 0) is 4.79 Å². The highest BCUT2D eigenvalue weighted by molar-refractivity contribution is 7.80. The number of benzene rings is 1. The average Bonchev–Trinajstić information content (AvgIpc) is 2.91. The van der Waals surface area contributed by atoms with Gasteiger partial charge in [-0.05, 0) is 49.7 Å². The molecule has 1 aromatic heterocycles. The van der Waals surface area contributed by atoms with Crippen LogP contribution in [0.1, 0.15) is 19.3 Å². The molecule has 27 heavy (non-hydrogen) atoms. The first-order chi connectivity index (χ1) is 13.0. The summed E-state index contributed by atoms with van der Waals surface area (Å²) in [4.78, 5) is 20.0. The fraction of sp³-hybridized carbons (Fsp3) is 0.278. The van der Waals surface area contributed by atoms with E-state index in [0.29, 0.717) is 23.8 Å². The first-order valence-corrected chi connectivity index (χ1v) is 9.28. The van der Waals surface area contributed by atoms with Gasteiger partial charge in [0.25, 0.3) is 5.91 Å².